The van der Waals surface area contributed by atoms with Gasteiger partial charge in [-0.15, -0.1) is 0 Å². The minimum absolute atomic E-state index is 0.0126. The van der Waals surface area contributed by atoms with Crippen LogP contribution in [-0.4, -0.2) is 31.1 Å². The number of anilines is 2. The van der Waals surface area contributed by atoms with Crippen LogP contribution in [0.15, 0.2) is 54.6 Å². The molecule has 25 heavy (non-hydrogen) atoms. The molecule has 0 bridgehead atoms. The summed E-state index contributed by atoms with van der Waals surface area (Å²) in [7, 11) is 2.04. The number of rotatable bonds is 7. The lowest BCUT2D eigenvalue weighted by Crippen LogP contribution is -2.51. The third-order valence-corrected chi connectivity index (χ3v) is 4.46. The largest absolute Gasteiger partial charge is 0.372 e. The van der Waals surface area contributed by atoms with Crippen molar-refractivity contribution in [2.75, 3.05) is 23.8 Å². The van der Waals surface area contributed by atoms with Crippen molar-refractivity contribution in [3.63, 3.8) is 0 Å². The number of nitrogens with one attached hydrogen (secondary N) is 2. The number of hydrogen-bond donors (Lipinski definition) is 2. The van der Waals surface area contributed by atoms with E-state index >= 15 is 0 Å². The molecule has 0 saturated carbocycles. The molecule has 0 radical (unpaired) electrons. The van der Waals surface area contributed by atoms with Crippen LogP contribution in [0.1, 0.15) is 26.3 Å². The predicted octanol–water partition coefficient (Wildman–Crippen LogP) is 3.83. The standard InChI is InChI=1S/C21H29N3O/c1-16-11-13-18(14-12-16)23-21(3,4)20(25)22-15-17(2)24(5)19-9-7-6-8-10-19/h6-14,17,23H,15H2,1-5H3,(H,22,25). The van der Waals surface area contributed by atoms with Gasteiger partial charge in [0, 0.05) is 31.0 Å². The average Bonchev–Trinajstić information content (AvgIpc) is 2.61. The molecule has 0 aliphatic carbocycles. The van der Waals surface area contributed by atoms with Gasteiger partial charge in [-0.05, 0) is 52.0 Å². The summed E-state index contributed by atoms with van der Waals surface area (Å²) in [4.78, 5) is 14.8. The number of hydrogen-bond acceptors (Lipinski definition) is 3. The summed E-state index contributed by atoms with van der Waals surface area (Å²) in [6, 6.07) is 18.4. The van der Waals surface area contributed by atoms with Crippen molar-refractivity contribution in [1.82, 2.24) is 5.32 Å². The Kier molecular flexibility index (Phi) is 6.07. The van der Waals surface area contributed by atoms with Gasteiger partial charge in [-0.2, -0.15) is 0 Å². The molecule has 0 fully saturated rings. The molecule has 0 heterocycles. The number of benzene rings is 2. The summed E-state index contributed by atoms with van der Waals surface area (Å²) >= 11 is 0. The van der Waals surface area contributed by atoms with Crippen molar-refractivity contribution >= 4 is 17.3 Å². The first-order chi connectivity index (χ1) is 11.8. The Morgan fingerprint density at radius 1 is 1.08 bits per heavy atom. The number of nitrogens with zero attached hydrogens (tertiary/aromatic N) is 1. The fourth-order valence-corrected chi connectivity index (χ4v) is 2.57. The SMILES string of the molecule is Cc1ccc(NC(C)(C)C(=O)NCC(C)N(C)c2ccccc2)cc1. The maximum absolute atomic E-state index is 12.6. The summed E-state index contributed by atoms with van der Waals surface area (Å²) in [5.41, 5.74) is 2.60. The number of para-hydroxylation sites is 1. The summed E-state index contributed by atoms with van der Waals surface area (Å²) in [5, 5.41) is 6.37. The van der Waals surface area contributed by atoms with Crippen LogP contribution in [0.4, 0.5) is 11.4 Å². The first-order valence-electron chi connectivity index (χ1n) is 8.70. The van der Waals surface area contributed by atoms with E-state index in [9.17, 15) is 4.79 Å². The zero-order valence-corrected chi connectivity index (χ0v) is 15.8. The quantitative estimate of drug-likeness (QED) is 0.806. The molecule has 4 heteroatoms. The van der Waals surface area contributed by atoms with E-state index in [1.165, 1.54) is 5.56 Å². The minimum atomic E-state index is -0.680. The monoisotopic (exact) mass is 339 g/mol. The molecule has 4 nitrogen and oxygen atoms in total. The molecule has 2 aromatic rings. The van der Waals surface area contributed by atoms with Crippen molar-refractivity contribution in [3.8, 4) is 0 Å². The number of likely N-dealkylation sites (N-methyl/N-ethyl adjacent to an activating group) is 1. The van der Waals surface area contributed by atoms with Gasteiger partial charge in [-0.1, -0.05) is 35.9 Å². The Hall–Kier alpha value is -2.49. The molecule has 0 aliphatic heterocycles. The first-order valence-corrected chi connectivity index (χ1v) is 8.70. The van der Waals surface area contributed by atoms with Crippen molar-refractivity contribution < 1.29 is 4.79 Å². The van der Waals surface area contributed by atoms with E-state index in [1.54, 1.807) is 0 Å². The second-order valence-corrected chi connectivity index (χ2v) is 7.12. The van der Waals surface area contributed by atoms with Gasteiger partial charge < -0.3 is 15.5 Å². The van der Waals surface area contributed by atoms with Crippen molar-refractivity contribution in [3.05, 3.63) is 60.2 Å². The molecule has 0 spiro atoms. The minimum Gasteiger partial charge on any atom is -0.372 e. The molecular formula is C21H29N3O. The smallest absolute Gasteiger partial charge is 0.245 e. The van der Waals surface area contributed by atoms with Gasteiger partial charge in [0.25, 0.3) is 0 Å². The number of aryl methyl sites for hydroxylation is 1. The van der Waals surface area contributed by atoms with Crippen molar-refractivity contribution in [2.45, 2.75) is 39.3 Å². The number of amides is 1. The van der Waals surface area contributed by atoms with Crippen LogP contribution < -0.4 is 15.5 Å². The van der Waals surface area contributed by atoms with Crippen molar-refractivity contribution in [1.29, 1.82) is 0 Å². The Balaban J connectivity index is 1.90. The average molecular weight is 339 g/mol. The highest BCUT2D eigenvalue weighted by molar-refractivity contribution is 5.88. The summed E-state index contributed by atoms with van der Waals surface area (Å²) in [6.45, 7) is 8.53. The van der Waals surface area contributed by atoms with Crippen LogP contribution in [0.25, 0.3) is 0 Å². The lowest BCUT2D eigenvalue weighted by Gasteiger charge is -2.30. The van der Waals surface area contributed by atoms with Gasteiger partial charge >= 0.3 is 0 Å². The van der Waals surface area contributed by atoms with Gasteiger partial charge in [-0.3, -0.25) is 4.79 Å². The van der Waals surface area contributed by atoms with E-state index in [2.05, 4.69) is 34.6 Å². The fourth-order valence-electron chi connectivity index (χ4n) is 2.57. The maximum Gasteiger partial charge on any atom is 0.245 e. The predicted molar refractivity (Wildman–Crippen MR) is 106 cm³/mol. The van der Waals surface area contributed by atoms with E-state index < -0.39 is 5.54 Å². The first kappa shape index (κ1) is 18.8. The lowest BCUT2D eigenvalue weighted by atomic mass is 10.0. The molecule has 0 aliphatic rings. The molecular weight excluding hydrogens is 310 g/mol. The summed E-state index contributed by atoms with van der Waals surface area (Å²) in [5.74, 6) is -0.0126. The Labute approximate surface area is 151 Å². The summed E-state index contributed by atoms with van der Waals surface area (Å²) < 4.78 is 0. The lowest BCUT2D eigenvalue weighted by molar-refractivity contribution is -0.124. The molecule has 134 valence electrons. The zero-order valence-electron chi connectivity index (χ0n) is 15.8. The molecule has 2 N–H and O–H groups in total. The molecule has 2 aromatic carbocycles. The maximum atomic E-state index is 12.6. The van der Waals surface area contributed by atoms with E-state index in [0.717, 1.165) is 11.4 Å². The molecule has 1 amide bonds. The Morgan fingerprint density at radius 3 is 2.28 bits per heavy atom. The topological polar surface area (TPSA) is 44.4 Å². The Morgan fingerprint density at radius 2 is 1.68 bits per heavy atom. The summed E-state index contributed by atoms with van der Waals surface area (Å²) in [6.07, 6.45) is 0. The third-order valence-electron chi connectivity index (χ3n) is 4.46. The van der Waals surface area contributed by atoms with Crippen LogP contribution in [0.3, 0.4) is 0 Å². The van der Waals surface area contributed by atoms with Gasteiger partial charge in [0.1, 0.15) is 5.54 Å². The molecule has 1 unspecified atom stereocenters. The molecule has 0 saturated heterocycles. The van der Waals surface area contributed by atoms with Crippen LogP contribution in [0.2, 0.25) is 0 Å². The number of carbonyl (C=O) groups is 1. The van der Waals surface area contributed by atoms with Crippen LogP contribution in [-0.2, 0) is 4.79 Å². The number of carbonyl (C=O) groups excluding carboxylic acids is 1. The highest BCUT2D eigenvalue weighted by Gasteiger charge is 2.27. The van der Waals surface area contributed by atoms with Crippen LogP contribution in [0, 0.1) is 6.92 Å². The molecule has 2 rings (SSSR count). The Bertz CT molecular complexity index is 680. The van der Waals surface area contributed by atoms with Gasteiger partial charge in [-0.25, -0.2) is 0 Å². The van der Waals surface area contributed by atoms with Gasteiger partial charge in [0.15, 0.2) is 0 Å². The third kappa shape index (κ3) is 5.24. The van der Waals surface area contributed by atoms with Crippen LogP contribution in [0.5, 0.6) is 0 Å². The molecule has 0 aromatic heterocycles. The fraction of sp³-hybridized carbons (Fsp3) is 0.381. The second kappa shape index (κ2) is 8.06. The van der Waals surface area contributed by atoms with E-state index in [4.69, 9.17) is 0 Å². The highest BCUT2D eigenvalue weighted by Crippen LogP contribution is 2.17. The van der Waals surface area contributed by atoms with Gasteiger partial charge in [0.05, 0.1) is 0 Å². The van der Waals surface area contributed by atoms with Crippen molar-refractivity contribution in [2.24, 2.45) is 0 Å². The van der Waals surface area contributed by atoms with E-state index in [-0.39, 0.29) is 11.9 Å². The van der Waals surface area contributed by atoms with Crippen LogP contribution >= 0.6 is 0 Å². The molecule has 1 atom stereocenters. The zero-order chi connectivity index (χ0) is 18.4. The van der Waals surface area contributed by atoms with Gasteiger partial charge in [0.2, 0.25) is 5.91 Å². The second-order valence-electron chi connectivity index (χ2n) is 7.12. The normalized spacial score (nSPS) is 12.4. The van der Waals surface area contributed by atoms with E-state index in [1.807, 2.05) is 70.3 Å². The highest BCUT2D eigenvalue weighted by atomic mass is 16.2. The van der Waals surface area contributed by atoms with E-state index in [0.29, 0.717) is 6.54 Å².